The van der Waals surface area contributed by atoms with Gasteiger partial charge in [-0.25, -0.2) is 0 Å². The molecule has 0 atom stereocenters. The molecule has 0 saturated heterocycles. The Morgan fingerprint density at radius 2 is 1.73 bits per heavy atom. The van der Waals surface area contributed by atoms with Gasteiger partial charge in [0, 0.05) is 12.1 Å². The van der Waals surface area contributed by atoms with Gasteiger partial charge in [-0.15, -0.1) is 0 Å². The number of quaternary nitrogens is 1. The Kier molecular flexibility index (Phi) is 2.59. The maximum Gasteiger partial charge on any atom is 0.197 e. The number of aryl methyl sites for hydroxylation is 1. The van der Waals surface area contributed by atoms with Crippen LogP contribution in [-0.4, -0.2) is 10.4 Å². The van der Waals surface area contributed by atoms with Crippen molar-refractivity contribution >= 4 is 5.69 Å². The molecule has 60 valence electrons. The molecule has 0 spiro atoms. The van der Waals surface area contributed by atoms with Crippen LogP contribution in [0.5, 0.6) is 0 Å². The van der Waals surface area contributed by atoms with E-state index >= 15 is 0 Å². The SMILES string of the molecule is CCc1ccc([NH+](O)O)cc1. The van der Waals surface area contributed by atoms with Gasteiger partial charge in [0.25, 0.3) is 0 Å². The van der Waals surface area contributed by atoms with Gasteiger partial charge in [0.1, 0.15) is 0 Å². The average Bonchev–Trinajstić information content (AvgIpc) is 2.05. The average molecular weight is 154 g/mol. The number of benzene rings is 1. The van der Waals surface area contributed by atoms with Crippen molar-refractivity contribution in [1.29, 1.82) is 0 Å². The van der Waals surface area contributed by atoms with Crippen LogP contribution in [0.4, 0.5) is 5.69 Å². The quantitative estimate of drug-likeness (QED) is 0.544. The minimum Gasteiger partial charge on any atom is -0.178 e. The topological polar surface area (TPSA) is 44.9 Å². The molecule has 0 bridgehead atoms. The summed E-state index contributed by atoms with van der Waals surface area (Å²) in [4.78, 5) is 0. The van der Waals surface area contributed by atoms with E-state index in [-0.39, 0.29) is 0 Å². The number of hydrogen-bond acceptors (Lipinski definition) is 2. The Morgan fingerprint density at radius 3 is 2.09 bits per heavy atom. The van der Waals surface area contributed by atoms with Gasteiger partial charge >= 0.3 is 0 Å². The number of rotatable bonds is 2. The highest BCUT2D eigenvalue weighted by Gasteiger charge is 2.02. The summed E-state index contributed by atoms with van der Waals surface area (Å²) in [5, 5.41) is 16.7. The molecular formula is C8H12NO2+. The molecular weight excluding hydrogens is 142 g/mol. The molecule has 0 heterocycles. The summed E-state index contributed by atoms with van der Waals surface area (Å²) >= 11 is 0. The van der Waals surface area contributed by atoms with E-state index in [0.29, 0.717) is 5.69 Å². The molecule has 0 fully saturated rings. The van der Waals surface area contributed by atoms with Crippen molar-refractivity contribution in [3.63, 3.8) is 0 Å². The first-order valence-electron chi connectivity index (χ1n) is 3.58. The minimum absolute atomic E-state index is 0.460. The zero-order valence-electron chi connectivity index (χ0n) is 6.41. The summed E-state index contributed by atoms with van der Waals surface area (Å²) in [6.07, 6.45) is 0.965. The van der Waals surface area contributed by atoms with Gasteiger partial charge in [0.2, 0.25) is 0 Å². The fourth-order valence-electron chi connectivity index (χ4n) is 0.890. The van der Waals surface area contributed by atoms with E-state index in [1.165, 1.54) is 5.56 Å². The van der Waals surface area contributed by atoms with Crippen molar-refractivity contribution in [3.8, 4) is 0 Å². The predicted octanol–water partition coefficient (Wildman–Crippen LogP) is 0.544. The summed E-state index contributed by atoms with van der Waals surface area (Å²) in [5.41, 5.74) is 1.65. The summed E-state index contributed by atoms with van der Waals surface area (Å²) in [7, 11) is 0. The minimum atomic E-state index is -0.618. The Hall–Kier alpha value is -0.900. The van der Waals surface area contributed by atoms with Crippen LogP contribution in [0.3, 0.4) is 0 Å². The summed E-state index contributed by atoms with van der Waals surface area (Å²) in [6, 6.07) is 7.13. The molecule has 11 heavy (non-hydrogen) atoms. The molecule has 0 aliphatic heterocycles. The molecule has 1 aromatic rings. The van der Waals surface area contributed by atoms with Crippen LogP contribution < -0.4 is 5.23 Å². The van der Waals surface area contributed by atoms with E-state index in [0.717, 1.165) is 6.42 Å². The Balaban J connectivity index is 2.83. The first-order valence-corrected chi connectivity index (χ1v) is 3.58. The molecule has 3 heteroatoms. The standard InChI is InChI=1S/C8H11NO2/c1-2-7-3-5-8(6-4-7)9(10)11/h3-6,10-11H,2H2,1H3/p+1. The molecule has 1 aromatic carbocycles. The summed E-state index contributed by atoms with van der Waals surface area (Å²) in [5.74, 6) is 0. The normalized spacial score (nSPS) is 10.5. The monoisotopic (exact) mass is 154 g/mol. The summed E-state index contributed by atoms with van der Waals surface area (Å²) in [6.45, 7) is 2.05. The third-order valence-electron chi connectivity index (χ3n) is 1.62. The molecule has 0 amide bonds. The third kappa shape index (κ3) is 2.01. The second kappa shape index (κ2) is 3.48. The van der Waals surface area contributed by atoms with Crippen LogP contribution in [-0.2, 0) is 6.42 Å². The smallest absolute Gasteiger partial charge is 0.178 e. The Labute approximate surface area is 65.4 Å². The molecule has 0 aliphatic carbocycles. The lowest BCUT2D eigenvalue weighted by atomic mass is 10.2. The van der Waals surface area contributed by atoms with Crippen molar-refractivity contribution in [3.05, 3.63) is 29.8 Å². The predicted molar refractivity (Wildman–Crippen MR) is 40.0 cm³/mol. The van der Waals surface area contributed by atoms with E-state index in [1.54, 1.807) is 12.1 Å². The molecule has 0 aliphatic rings. The zero-order chi connectivity index (χ0) is 8.27. The highest BCUT2D eigenvalue weighted by Crippen LogP contribution is 2.04. The van der Waals surface area contributed by atoms with Gasteiger partial charge in [-0.05, 0) is 17.2 Å². The van der Waals surface area contributed by atoms with E-state index in [2.05, 4.69) is 6.92 Å². The molecule has 3 nitrogen and oxygen atoms in total. The van der Waals surface area contributed by atoms with Gasteiger partial charge in [0.05, 0.1) is 0 Å². The maximum absolute atomic E-state index is 8.66. The number of nitrogens with one attached hydrogen (secondary N) is 1. The molecule has 3 N–H and O–H groups in total. The van der Waals surface area contributed by atoms with Crippen LogP contribution in [0.15, 0.2) is 24.3 Å². The molecule has 1 rings (SSSR count). The van der Waals surface area contributed by atoms with Gasteiger partial charge in [0.15, 0.2) is 5.69 Å². The van der Waals surface area contributed by atoms with E-state index in [1.807, 2.05) is 12.1 Å². The van der Waals surface area contributed by atoms with Crippen LogP contribution in [0, 0.1) is 0 Å². The molecule has 0 unspecified atom stereocenters. The van der Waals surface area contributed by atoms with Crippen molar-refractivity contribution in [1.82, 2.24) is 0 Å². The molecule has 0 saturated carbocycles. The van der Waals surface area contributed by atoms with E-state index in [4.69, 9.17) is 10.4 Å². The number of hydrogen-bond donors (Lipinski definition) is 3. The third-order valence-corrected chi connectivity index (χ3v) is 1.62. The lowest BCUT2D eigenvalue weighted by Crippen LogP contribution is -3.01. The van der Waals surface area contributed by atoms with Crippen molar-refractivity contribution in [2.45, 2.75) is 13.3 Å². The lowest BCUT2D eigenvalue weighted by Gasteiger charge is -2.00. The van der Waals surface area contributed by atoms with E-state index in [9.17, 15) is 0 Å². The molecule has 0 radical (unpaired) electrons. The zero-order valence-corrected chi connectivity index (χ0v) is 6.41. The molecule has 0 aromatic heterocycles. The van der Waals surface area contributed by atoms with E-state index < -0.39 is 5.23 Å². The summed E-state index contributed by atoms with van der Waals surface area (Å²) < 4.78 is 0. The van der Waals surface area contributed by atoms with Gasteiger partial charge < -0.3 is 0 Å². The first kappa shape index (κ1) is 8.20. The van der Waals surface area contributed by atoms with Gasteiger partial charge in [-0.1, -0.05) is 19.1 Å². The fraction of sp³-hybridized carbons (Fsp3) is 0.250. The highest BCUT2D eigenvalue weighted by molar-refractivity contribution is 5.31. The van der Waals surface area contributed by atoms with Gasteiger partial charge in [-0.2, -0.15) is 10.4 Å². The van der Waals surface area contributed by atoms with Crippen molar-refractivity contribution in [2.24, 2.45) is 0 Å². The largest absolute Gasteiger partial charge is 0.197 e. The van der Waals surface area contributed by atoms with Gasteiger partial charge in [-0.3, -0.25) is 0 Å². The second-order valence-corrected chi connectivity index (χ2v) is 2.37. The Bertz CT molecular complexity index is 218. The highest BCUT2D eigenvalue weighted by atomic mass is 16.8. The van der Waals surface area contributed by atoms with Crippen LogP contribution in [0.1, 0.15) is 12.5 Å². The fourth-order valence-corrected chi connectivity index (χ4v) is 0.890. The van der Waals surface area contributed by atoms with Crippen LogP contribution in [0.25, 0.3) is 0 Å². The van der Waals surface area contributed by atoms with Crippen LogP contribution in [0.2, 0.25) is 0 Å². The van der Waals surface area contributed by atoms with Crippen molar-refractivity contribution < 1.29 is 15.6 Å². The first-order chi connectivity index (χ1) is 5.24. The Morgan fingerprint density at radius 1 is 1.18 bits per heavy atom. The maximum atomic E-state index is 8.66. The lowest BCUT2D eigenvalue weighted by molar-refractivity contribution is -1.19. The van der Waals surface area contributed by atoms with Crippen molar-refractivity contribution in [2.75, 3.05) is 0 Å². The second-order valence-electron chi connectivity index (χ2n) is 2.37. The van der Waals surface area contributed by atoms with Crippen LogP contribution >= 0.6 is 0 Å².